The first-order valence-electron chi connectivity index (χ1n) is 10.1. The fourth-order valence-electron chi connectivity index (χ4n) is 4.82. The van der Waals surface area contributed by atoms with Gasteiger partial charge in [0.05, 0.1) is 0 Å². The molecule has 0 atom stereocenters. The Bertz CT molecular complexity index is 1080. The lowest BCUT2D eigenvalue weighted by molar-refractivity contribution is 0.421. The minimum atomic E-state index is 0.0802. The molecular weight excluding hydrogens is 336 g/mol. The van der Waals surface area contributed by atoms with Crippen molar-refractivity contribution < 1.29 is 0 Å². The molecule has 0 unspecified atom stereocenters. The standard InChI is InChI=1S/C28H24/c1-3-10-22(11-4-1)20-28(21-23-12-5-2-6-13-23)19-9-16-26-25-15-8-7-14-24(25)17-18-27(26)28/h1-18H,19-21H2. The minimum Gasteiger partial charge on any atom is -0.0830 e. The third kappa shape index (κ3) is 3.05. The molecule has 1 aliphatic carbocycles. The maximum Gasteiger partial charge on any atom is 0.00743 e. The summed E-state index contributed by atoms with van der Waals surface area (Å²) < 4.78 is 0. The van der Waals surface area contributed by atoms with E-state index in [1.165, 1.54) is 33.0 Å². The van der Waals surface area contributed by atoms with Crippen LogP contribution in [0.15, 0.2) is 103 Å². The predicted octanol–water partition coefficient (Wildman–Crippen LogP) is 6.98. The van der Waals surface area contributed by atoms with Crippen molar-refractivity contribution in [2.75, 3.05) is 0 Å². The Morgan fingerprint density at radius 1 is 0.607 bits per heavy atom. The van der Waals surface area contributed by atoms with E-state index in [2.05, 4.69) is 109 Å². The lowest BCUT2D eigenvalue weighted by Gasteiger charge is -2.38. The van der Waals surface area contributed by atoms with Crippen LogP contribution in [0, 0.1) is 0 Å². The Morgan fingerprint density at radius 3 is 1.89 bits per heavy atom. The number of hydrogen-bond acceptors (Lipinski definition) is 0. The summed E-state index contributed by atoms with van der Waals surface area (Å²) in [6, 6.07) is 35.4. The molecule has 0 nitrogen and oxygen atoms in total. The van der Waals surface area contributed by atoms with Gasteiger partial charge in [-0.1, -0.05) is 109 Å². The summed E-state index contributed by atoms with van der Waals surface area (Å²) in [5, 5.41) is 2.68. The van der Waals surface area contributed by atoms with Crippen LogP contribution >= 0.6 is 0 Å². The van der Waals surface area contributed by atoms with Crippen LogP contribution in [0.25, 0.3) is 16.8 Å². The quantitative estimate of drug-likeness (QED) is 0.368. The van der Waals surface area contributed by atoms with Crippen molar-refractivity contribution in [3.8, 4) is 0 Å². The molecule has 0 heteroatoms. The highest BCUT2D eigenvalue weighted by Gasteiger charge is 2.35. The molecule has 5 rings (SSSR count). The van der Waals surface area contributed by atoms with Gasteiger partial charge >= 0.3 is 0 Å². The van der Waals surface area contributed by atoms with Crippen LogP contribution in [-0.4, -0.2) is 0 Å². The second kappa shape index (κ2) is 7.13. The summed E-state index contributed by atoms with van der Waals surface area (Å²) in [6.45, 7) is 0. The van der Waals surface area contributed by atoms with Crippen molar-refractivity contribution in [3.05, 3.63) is 125 Å². The van der Waals surface area contributed by atoms with E-state index in [0.717, 1.165) is 19.3 Å². The fourth-order valence-corrected chi connectivity index (χ4v) is 4.82. The molecule has 0 bridgehead atoms. The van der Waals surface area contributed by atoms with E-state index in [-0.39, 0.29) is 5.41 Å². The average Bonchev–Trinajstić information content (AvgIpc) is 2.75. The zero-order valence-electron chi connectivity index (χ0n) is 16.0. The maximum atomic E-state index is 2.39. The molecule has 0 heterocycles. The largest absolute Gasteiger partial charge is 0.0830 e. The summed E-state index contributed by atoms with van der Waals surface area (Å²) in [6.07, 6.45) is 7.91. The molecule has 0 N–H and O–H groups in total. The SMILES string of the molecule is C1=Cc2c(ccc3ccccc23)C(Cc2ccccc2)(Cc2ccccc2)C1. The van der Waals surface area contributed by atoms with Crippen LogP contribution in [0.2, 0.25) is 0 Å². The summed E-state index contributed by atoms with van der Waals surface area (Å²) in [5.74, 6) is 0. The average molecular weight is 361 g/mol. The van der Waals surface area contributed by atoms with Crippen LogP contribution in [0.4, 0.5) is 0 Å². The molecule has 0 saturated carbocycles. The van der Waals surface area contributed by atoms with E-state index in [4.69, 9.17) is 0 Å². The molecule has 0 fully saturated rings. The van der Waals surface area contributed by atoms with E-state index in [1.807, 2.05) is 0 Å². The Balaban J connectivity index is 1.69. The number of allylic oxidation sites excluding steroid dienone is 1. The van der Waals surface area contributed by atoms with Gasteiger partial charge in [0.1, 0.15) is 0 Å². The minimum absolute atomic E-state index is 0.0802. The van der Waals surface area contributed by atoms with Crippen molar-refractivity contribution in [1.82, 2.24) is 0 Å². The van der Waals surface area contributed by atoms with Gasteiger partial charge < -0.3 is 0 Å². The first kappa shape index (κ1) is 17.0. The molecule has 0 radical (unpaired) electrons. The van der Waals surface area contributed by atoms with Gasteiger partial charge in [-0.05, 0) is 52.3 Å². The predicted molar refractivity (Wildman–Crippen MR) is 120 cm³/mol. The van der Waals surface area contributed by atoms with Crippen LogP contribution in [0.5, 0.6) is 0 Å². The smallest absolute Gasteiger partial charge is 0.00743 e. The molecule has 0 spiro atoms. The lowest BCUT2D eigenvalue weighted by Crippen LogP contribution is -2.33. The van der Waals surface area contributed by atoms with Crippen molar-refractivity contribution in [2.24, 2.45) is 0 Å². The van der Waals surface area contributed by atoms with Crippen LogP contribution in [0.3, 0.4) is 0 Å². The van der Waals surface area contributed by atoms with E-state index in [1.54, 1.807) is 0 Å². The van der Waals surface area contributed by atoms with Gasteiger partial charge in [0.2, 0.25) is 0 Å². The van der Waals surface area contributed by atoms with E-state index in [0.29, 0.717) is 0 Å². The topological polar surface area (TPSA) is 0 Å². The van der Waals surface area contributed by atoms with Gasteiger partial charge in [-0.2, -0.15) is 0 Å². The lowest BCUT2D eigenvalue weighted by atomic mass is 9.65. The molecule has 0 saturated heterocycles. The molecule has 4 aromatic rings. The van der Waals surface area contributed by atoms with Gasteiger partial charge in [-0.15, -0.1) is 0 Å². The number of benzene rings is 4. The van der Waals surface area contributed by atoms with Crippen molar-refractivity contribution in [3.63, 3.8) is 0 Å². The summed E-state index contributed by atoms with van der Waals surface area (Å²) in [5.41, 5.74) is 5.79. The van der Waals surface area contributed by atoms with E-state index in [9.17, 15) is 0 Å². The zero-order chi connectivity index (χ0) is 18.8. The number of rotatable bonds is 4. The maximum absolute atomic E-state index is 2.39. The van der Waals surface area contributed by atoms with Crippen molar-refractivity contribution in [2.45, 2.75) is 24.7 Å². The Kier molecular flexibility index (Phi) is 4.33. The Morgan fingerprint density at radius 2 is 1.21 bits per heavy atom. The van der Waals surface area contributed by atoms with Gasteiger partial charge in [-0.25, -0.2) is 0 Å². The second-order valence-corrected chi connectivity index (χ2v) is 7.96. The molecule has 136 valence electrons. The first-order valence-corrected chi connectivity index (χ1v) is 10.1. The number of fused-ring (bicyclic) bond motifs is 3. The summed E-state index contributed by atoms with van der Waals surface area (Å²) in [4.78, 5) is 0. The fraction of sp³-hybridized carbons (Fsp3) is 0.143. The Labute approximate surface area is 167 Å². The second-order valence-electron chi connectivity index (χ2n) is 7.96. The number of hydrogen-bond donors (Lipinski definition) is 0. The normalized spacial score (nSPS) is 14.7. The third-order valence-electron chi connectivity index (χ3n) is 6.11. The van der Waals surface area contributed by atoms with Crippen LogP contribution < -0.4 is 0 Å². The van der Waals surface area contributed by atoms with Gasteiger partial charge in [-0.3, -0.25) is 0 Å². The summed E-state index contributed by atoms with van der Waals surface area (Å²) in [7, 11) is 0. The molecule has 0 amide bonds. The van der Waals surface area contributed by atoms with Gasteiger partial charge in [0.25, 0.3) is 0 Å². The molecule has 28 heavy (non-hydrogen) atoms. The highest BCUT2D eigenvalue weighted by molar-refractivity contribution is 5.93. The first-order chi connectivity index (χ1) is 13.8. The molecule has 1 aliphatic rings. The molecular formula is C28H24. The monoisotopic (exact) mass is 360 g/mol. The van der Waals surface area contributed by atoms with Crippen molar-refractivity contribution >= 4 is 16.8 Å². The molecule has 0 aliphatic heterocycles. The highest BCUT2D eigenvalue weighted by Crippen LogP contribution is 2.43. The van der Waals surface area contributed by atoms with E-state index >= 15 is 0 Å². The van der Waals surface area contributed by atoms with Gasteiger partial charge in [0.15, 0.2) is 0 Å². The van der Waals surface area contributed by atoms with Crippen LogP contribution in [0.1, 0.15) is 28.7 Å². The van der Waals surface area contributed by atoms with Gasteiger partial charge in [0, 0.05) is 5.41 Å². The molecule has 0 aromatic heterocycles. The Hall–Kier alpha value is -3.12. The summed E-state index contributed by atoms with van der Waals surface area (Å²) >= 11 is 0. The van der Waals surface area contributed by atoms with Crippen molar-refractivity contribution in [1.29, 1.82) is 0 Å². The molecule has 4 aromatic carbocycles. The zero-order valence-corrected chi connectivity index (χ0v) is 16.0. The third-order valence-corrected chi connectivity index (χ3v) is 6.11. The highest BCUT2D eigenvalue weighted by atomic mass is 14.4. The van der Waals surface area contributed by atoms with E-state index < -0.39 is 0 Å². The van der Waals surface area contributed by atoms with Crippen LogP contribution in [-0.2, 0) is 18.3 Å².